The summed E-state index contributed by atoms with van der Waals surface area (Å²) in [7, 11) is -3.64. The Bertz CT molecular complexity index is 537. The van der Waals surface area contributed by atoms with Gasteiger partial charge in [-0.1, -0.05) is 18.2 Å². The van der Waals surface area contributed by atoms with Crippen LogP contribution >= 0.6 is 7.60 Å². The van der Waals surface area contributed by atoms with Crippen LogP contribution in [-0.4, -0.2) is 29.9 Å². The van der Waals surface area contributed by atoms with Gasteiger partial charge in [-0.3, -0.25) is 5.21 Å². The van der Waals surface area contributed by atoms with Crippen LogP contribution in [0.25, 0.3) is 0 Å². The van der Waals surface area contributed by atoms with Gasteiger partial charge in [0.25, 0.3) is 0 Å². The third-order valence-corrected chi connectivity index (χ3v) is 4.87. The first-order chi connectivity index (χ1) is 10.1. The zero-order chi connectivity index (χ0) is 15.3. The quantitative estimate of drug-likeness (QED) is 0.568. The monoisotopic (exact) mass is 315 g/mol. The Morgan fingerprint density at radius 3 is 2.48 bits per heavy atom. The molecular formula is C13H18NO6P. The Morgan fingerprint density at radius 1 is 1.29 bits per heavy atom. The summed E-state index contributed by atoms with van der Waals surface area (Å²) in [6, 6.07) is 8.92. The number of para-hydroxylation sites is 1. The molecule has 21 heavy (non-hydrogen) atoms. The lowest BCUT2D eigenvalue weighted by molar-refractivity contribution is -0.748. The Hall–Kier alpha value is -1.56. The molecule has 1 aromatic rings. The molecule has 0 radical (unpaired) electrons. The lowest BCUT2D eigenvalue weighted by Crippen LogP contribution is -2.17. The lowest BCUT2D eigenvalue weighted by atomic mass is 10.3. The van der Waals surface area contributed by atoms with E-state index in [-0.39, 0.29) is 30.0 Å². The minimum Gasteiger partial charge on any atom is -0.473 e. The zero-order valence-corrected chi connectivity index (χ0v) is 12.8. The van der Waals surface area contributed by atoms with Crippen LogP contribution in [0.15, 0.2) is 30.3 Å². The fourth-order valence-electron chi connectivity index (χ4n) is 1.88. The second-order valence-electron chi connectivity index (χ2n) is 4.18. The van der Waals surface area contributed by atoms with E-state index in [1.165, 1.54) is 0 Å². The van der Waals surface area contributed by atoms with Crippen LogP contribution in [0.4, 0.5) is 0 Å². The molecule has 0 saturated carbocycles. The molecule has 1 aliphatic heterocycles. The standard InChI is InChI=1S/C13H18NO6P/c1-3-17-21(16,18-4-2)12-10-13(20-14(12)15)19-11-8-6-5-7-9-11/h5-9,13H,3-4,10H2,1-2H3. The minimum absolute atomic E-state index is 0.0235. The average Bonchev–Trinajstić information content (AvgIpc) is 2.82. The molecule has 0 amide bonds. The van der Waals surface area contributed by atoms with Gasteiger partial charge in [-0.2, -0.15) is 0 Å². The number of hydrogen-bond acceptors (Lipinski definition) is 6. The molecule has 0 bridgehead atoms. The van der Waals surface area contributed by atoms with Crippen LogP contribution in [0.5, 0.6) is 5.75 Å². The average molecular weight is 315 g/mol. The number of ether oxygens (including phenoxy) is 1. The summed E-state index contributed by atoms with van der Waals surface area (Å²) >= 11 is 0. The van der Waals surface area contributed by atoms with Crippen molar-refractivity contribution < 1.29 is 28.1 Å². The Morgan fingerprint density at radius 2 is 1.90 bits per heavy atom. The first-order valence-electron chi connectivity index (χ1n) is 6.70. The third-order valence-electron chi connectivity index (χ3n) is 2.70. The molecule has 1 atom stereocenters. The van der Waals surface area contributed by atoms with Gasteiger partial charge in [0.2, 0.25) is 6.29 Å². The normalized spacial score (nSPS) is 18.7. The molecule has 0 N–H and O–H groups in total. The fraction of sp³-hybridized carbons (Fsp3) is 0.462. The van der Waals surface area contributed by atoms with Crippen LogP contribution < -0.4 is 4.74 Å². The van der Waals surface area contributed by atoms with Gasteiger partial charge in [-0.25, -0.2) is 4.57 Å². The van der Waals surface area contributed by atoms with Crippen molar-refractivity contribution in [1.29, 1.82) is 0 Å². The molecule has 1 heterocycles. The Balaban J connectivity index is 2.08. The van der Waals surface area contributed by atoms with Crippen molar-refractivity contribution in [3.8, 4) is 5.75 Å². The molecule has 7 nitrogen and oxygen atoms in total. The van der Waals surface area contributed by atoms with Crippen molar-refractivity contribution in [2.75, 3.05) is 13.2 Å². The number of nitrogens with zero attached hydrogens (tertiary/aromatic N) is 1. The van der Waals surface area contributed by atoms with Gasteiger partial charge in [0.1, 0.15) is 5.75 Å². The summed E-state index contributed by atoms with van der Waals surface area (Å²) in [5.74, 6) is 0.555. The van der Waals surface area contributed by atoms with Crippen LogP contribution in [-0.2, 0) is 18.5 Å². The highest BCUT2D eigenvalue weighted by Gasteiger charge is 2.46. The molecule has 116 valence electrons. The summed E-state index contributed by atoms with van der Waals surface area (Å²) in [5.41, 5.74) is -0.0767. The Labute approximate surface area is 123 Å². The predicted octanol–water partition coefficient (Wildman–Crippen LogP) is 2.90. The largest absolute Gasteiger partial charge is 0.473 e. The second kappa shape index (κ2) is 6.93. The molecule has 0 spiro atoms. The molecular weight excluding hydrogens is 297 g/mol. The van der Waals surface area contributed by atoms with Crippen molar-refractivity contribution in [2.24, 2.45) is 0 Å². The molecule has 0 saturated heterocycles. The van der Waals surface area contributed by atoms with Gasteiger partial charge in [0, 0.05) is 0 Å². The molecule has 0 fully saturated rings. The number of rotatable bonds is 7. The number of hydrogen-bond donors (Lipinski definition) is 0. The van der Waals surface area contributed by atoms with E-state index in [1.807, 2.05) is 6.07 Å². The van der Waals surface area contributed by atoms with E-state index in [2.05, 4.69) is 0 Å². The minimum atomic E-state index is -3.64. The van der Waals surface area contributed by atoms with E-state index in [1.54, 1.807) is 38.1 Å². The maximum atomic E-state index is 12.6. The Kier molecular flexibility index (Phi) is 5.22. The first-order valence-corrected chi connectivity index (χ1v) is 8.24. The van der Waals surface area contributed by atoms with E-state index >= 15 is 0 Å². The van der Waals surface area contributed by atoms with Crippen molar-refractivity contribution in [3.63, 3.8) is 0 Å². The van der Waals surface area contributed by atoms with Gasteiger partial charge in [0.05, 0.1) is 24.5 Å². The summed E-state index contributed by atoms with van der Waals surface area (Å²) in [5, 5.41) is 11.8. The zero-order valence-electron chi connectivity index (χ0n) is 11.9. The highest BCUT2D eigenvalue weighted by molar-refractivity contribution is 7.71. The van der Waals surface area contributed by atoms with Gasteiger partial charge >= 0.3 is 13.0 Å². The summed E-state index contributed by atoms with van der Waals surface area (Å²) in [6.45, 7) is 3.68. The van der Waals surface area contributed by atoms with Gasteiger partial charge in [-0.15, -0.1) is 0 Å². The highest BCUT2D eigenvalue weighted by Crippen LogP contribution is 2.52. The predicted molar refractivity (Wildman–Crippen MR) is 76.1 cm³/mol. The molecule has 1 aromatic carbocycles. The summed E-state index contributed by atoms with van der Waals surface area (Å²) < 4.78 is 28.4. The summed E-state index contributed by atoms with van der Waals surface area (Å²) in [4.78, 5) is 5.18. The highest BCUT2D eigenvalue weighted by atomic mass is 31.2. The molecule has 0 aromatic heterocycles. The first kappa shape index (κ1) is 15.8. The van der Waals surface area contributed by atoms with Gasteiger partial charge < -0.3 is 18.6 Å². The fourth-order valence-corrected chi connectivity index (χ4v) is 3.55. The van der Waals surface area contributed by atoms with E-state index in [4.69, 9.17) is 18.6 Å². The lowest BCUT2D eigenvalue weighted by Gasteiger charge is -2.14. The molecule has 1 aliphatic rings. The maximum absolute atomic E-state index is 12.6. The van der Waals surface area contributed by atoms with Crippen LogP contribution in [0.1, 0.15) is 20.3 Å². The maximum Gasteiger partial charge on any atom is 0.426 e. The van der Waals surface area contributed by atoms with Gasteiger partial charge in [-0.05, 0) is 26.0 Å². The topological polar surface area (TPSA) is 80.1 Å². The molecule has 0 aliphatic carbocycles. The molecule has 8 heteroatoms. The smallest absolute Gasteiger partial charge is 0.426 e. The van der Waals surface area contributed by atoms with Crippen molar-refractivity contribution >= 4 is 13.0 Å². The van der Waals surface area contributed by atoms with E-state index in [0.717, 1.165) is 0 Å². The van der Waals surface area contributed by atoms with E-state index in [0.29, 0.717) is 5.75 Å². The van der Waals surface area contributed by atoms with E-state index < -0.39 is 13.9 Å². The van der Waals surface area contributed by atoms with E-state index in [9.17, 15) is 9.77 Å². The third kappa shape index (κ3) is 3.75. The second-order valence-corrected chi connectivity index (χ2v) is 6.20. The van der Waals surface area contributed by atoms with Crippen LogP contribution in [0.3, 0.4) is 0 Å². The molecule has 1 unspecified atom stereocenters. The van der Waals surface area contributed by atoms with Crippen LogP contribution in [0.2, 0.25) is 0 Å². The number of benzene rings is 1. The van der Waals surface area contributed by atoms with Gasteiger partial charge in [0.15, 0.2) is 0 Å². The molecule has 2 rings (SSSR count). The SMILES string of the molecule is CCOP(=O)(OCC)C1=[N+]([O-])OC(Oc2ccccc2)C1. The van der Waals surface area contributed by atoms with Crippen molar-refractivity contribution in [2.45, 2.75) is 26.6 Å². The van der Waals surface area contributed by atoms with Crippen LogP contribution in [0, 0.1) is 5.21 Å². The van der Waals surface area contributed by atoms with Crippen molar-refractivity contribution in [1.82, 2.24) is 0 Å². The van der Waals surface area contributed by atoms with Crippen molar-refractivity contribution in [3.05, 3.63) is 35.5 Å². The summed E-state index contributed by atoms with van der Waals surface area (Å²) in [6.07, 6.45) is -0.829.